The second-order valence-corrected chi connectivity index (χ2v) is 4.25. The molecule has 1 N–H and O–H groups in total. The van der Waals surface area contributed by atoms with Crippen molar-refractivity contribution >= 4 is 11.6 Å². The second-order valence-electron chi connectivity index (χ2n) is 4.25. The third-order valence-electron chi connectivity index (χ3n) is 2.78. The molecule has 3 nitrogen and oxygen atoms in total. The Kier molecular flexibility index (Phi) is 6.90. The third-order valence-corrected chi connectivity index (χ3v) is 2.78. The van der Waals surface area contributed by atoms with Crippen LogP contribution in [0.4, 0.5) is 5.69 Å². The van der Waals surface area contributed by atoms with Gasteiger partial charge in [-0.2, -0.15) is 0 Å². The maximum atomic E-state index is 11.8. The van der Waals surface area contributed by atoms with Crippen molar-refractivity contribution in [1.29, 1.82) is 0 Å². The summed E-state index contributed by atoms with van der Waals surface area (Å²) in [5.74, 6) is 0.759. The normalized spacial score (nSPS) is 11.4. The average molecular weight is 271 g/mol. The van der Waals surface area contributed by atoms with Gasteiger partial charge in [0, 0.05) is 12.1 Å². The first-order chi connectivity index (χ1) is 9.69. The molecule has 106 valence electrons. The van der Waals surface area contributed by atoms with Crippen molar-refractivity contribution in [3.05, 3.63) is 60.7 Å². The number of hydrogen-bond donors (Lipinski definition) is 1. The fourth-order valence-electron chi connectivity index (χ4n) is 1.63. The third kappa shape index (κ3) is 5.57. The summed E-state index contributed by atoms with van der Waals surface area (Å²) in [5.41, 5.74) is 1.82. The van der Waals surface area contributed by atoms with Crippen LogP contribution in [0.5, 0.6) is 5.75 Å². The number of rotatable bonds is 7. The lowest BCUT2D eigenvalue weighted by Gasteiger charge is -2.06. The van der Waals surface area contributed by atoms with Crippen LogP contribution in [0.15, 0.2) is 60.7 Å². The van der Waals surface area contributed by atoms with Crippen molar-refractivity contribution < 1.29 is 9.53 Å². The Bertz CT molecular complexity index is 498. The van der Waals surface area contributed by atoms with E-state index in [-0.39, 0.29) is 5.91 Å². The van der Waals surface area contributed by atoms with E-state index in [4.69, 9.17) is 4.74 Å². The van der Waals surface area contributed by atoms with Gasteiger partial charge in [-0.3, -0.25) is 4.79 Å². The van der Waals surface area contributed by atoms with E-state index >= 15 is 0 Å². The van der Waals surface area contributed by atoms with E-state index in [1.54, 1.807) is 13.2 Å². The Balaban J connectivity index is 2.48. The van der Waals surface area contributed by atoms with Crippen LogP contribution >= 0.6 is 0 Å². The maximum absolute atomic E-state index is 11.8. The minimum Gasteiger partial charge on any atom is -0.497 e. The van der Waals surface area contributed by atoms with Crippen LogP contribution in [0.2, 0.25) is 0 Å². The zero-order chi connectivity index (χ0) is 14.8. The van der Waals surface area contributed by atoms with Gasteiger partial charge in [0.25, 0.3) is 0 Å². The number of allylic oxidation sites excluding steroid dienone is 5. The summed E-state index contributed by atoms with van der Waals surface area (Å²) in [5, 5.41) is 2.85. The molecule has 3 heteroatoms. The number of anilines is 1. The summed E-state index contributed by atoms with van der Waals surface area (Å²) in [6.07, 6.45) is 8.74. The highest BCUT2D eigenvalue weighted by atomic mass is 16.5. The van der Waals surface area contributed by atoms with Gasteiger partial charge in [0.05, 0.1) is 7.11 Å². The fraction of sp³-hybridized carbons (Fsp3) is 0.235. The molecule has 20 heavy (non-hydrogen) atoms. The number of carbonyl (C=O) groups is 1. The summed E-state index contributed by atoms with van der Waals surface area (Å²) in [4.78, 5) is 11.8. The van der Waals surface area contributed by atoms with Gasteiger partial charge in [-0.1, -0.05) is 30.9 Å². The Morgan fingerprint density at radius 3 is 2.55 bits per heavy atom. The molecule has 0 aliphatic rings. The molecule has 0 bridgehead atoms. The predicted octanol–water partition coefficient (Wildman–Crippen LogP) is 4.10. The minimum atomic E-state index is -0.0107. The Hall–Kier alpha value is -2.29. The van der Waals surface area contributed by atoms with Gasteiger partial charge < -0.3 is 10.1 Å². The zero-order valence-electron chi connectivity index (χ0n) is 12.1. The van der Waals surface area contributed by atoms with Crippen molar-refractivity contribution in [2.24, 2.45) is 0 Å². The first-order valence-electron chi connectivity index (χ1n) is 6.57. The fourth-order valence-corrected chi connectivity index (χ4v) is 1.63. The van der Waals surface area contributed by atoms with Crippen LogP contribution in [0.25, 0.3) is 0 Å². The molecule has 1 aromatic rings. The lowest BCUT2D eigenvalue weighted by molar-refractivity contribution is -0.116. The number of carbonyl (C=O) groups excluding carboxylic acids is 1. The number of nitrogens with one attached hydrogen (secondary N) is 1. The predicted molar refractivity (Wildman–Crippen MR) is 84.0 cm³/mol. The quantitative estimate of drug-likeness (QED) is 0.758. The number of amides is 1. The van der Waals surface area contributed by atoms with Crippen LogP contribution < -0.4 is 10.1 Å². The van der Waals surface area contributed by atoms with Crippen molar-refractivity contribution in [1.82, 2.24) is 0 Å². The standard InChI is InChI=1S/C17H21NO2/c1-4-6-7-14(5-2)8-13-17(19)18-15-9-11-16(20-3)12-10-15/h4-7,9-12H,2,8,13H2,1,3H3,(H,18,19)/b6-4-,14-7+. The molecule has 0 saturated carbocycles. The average Bonchev–Trinajstić information content (AvgIpc) is 2.48. The van der Waals surface area contributed by atoms with Crippen LogP contribution in [-0.4, -0.2) is 13.0 Å². The van der Waals surface area contributed by atoms with E-state index < -0.39 is 0 Å². The van der Waals surface area contributed by atoms with Gasteiger partial charge in [-0.15, -0.1) is 0 Å². The summed E-state index contributed by atoms with van der Waals surface area (Å²) in [6.45, 7) is 5.70. The van der Waals surface area contributed by atoms with Gasteiger partial charge in [-0.25, -0.2) is 0 Å². The summed E-state index contributed by atoms with van der Waals surface area (Å²) in [7, 11) is 1.61. The lowest BCUT2D eigenvalue weighted by Crippen LogP contribution is -2.11. The largest absolute Gasteiger partial charge is 0.497 e. The number of methoxy groups -OCH3 is 1. The molecule has 0 unspecified atom stereocenters. The van der Waals surface area contributed by atoms with Crippen LogP contribution in [-0.2, 0) is 4.79 Å². The lowest BCUT2D eigenvalue weighted by atomic mass is 10.1. The molecule has 0 aromatic heterocycles. The van der Waals surface area contributed by atoms with Crippen molar-refractivity contribution in [3.8, 4) is 5.75 Å². The van der Waals surface area contributed by atoms with Crippen molar-refractivity contribution in [2.45, 2.75) is 19.8 Å². The molecular weight excluding hydrogens is 250 g/mol. The molecule has 0 atom stereocenters. The van der Waals surface area contributed by atoms with Gasteiger partial charge in [-0.05, 0) is 43.2 Å². The molecule has 0 saturated heterocycles. The van der Waals surface area contributed by atoms with E-state index in [1.165, 1.54) is 0 Å². The molecule has 0 heterocycles. The molecular formula is C17H21NO2. The number of hydrogen-bond acceptors (Lipinski definition) is 2. The zero-order valence-corrected chi connectivity index (χ0v) is 12.1. The SMILES string of the molecule is C=C/C(=C\C=C/C)CCC(=O)Nc1ccc(OC)cc1. The monoisotopic (exact) mass is 271 g/mol. The summed E-state index contributed by atoms with van der Waals surface area (Å²) < 4.78 is 5.07. The van der Waals surface area contributed by atoms with E-state index in [0.29, 0.717) is 12.8 Å². The second kappa shape index (κ2) is 8.75. The van der Waals surface area contributed by atoms with E-state index in [9.17, 15) is 4.79 Å². The van der Waals surface area contributed by atoms with Crippen molar-refractivity contribution in [2.75, 3.05) is 12.4 Å². The van der Waals surface area contributed by atoms with Gasteiger partial charge in [0.2, 0.25) is 5.91 Å². The molecule has 0 aliphatic carbocycles. The first kappa shape index (κ1) is 15.8. The summed E-state index contributed by atoms with van der Waals surface area (Å²) in [6, 6.07) is 7.27. The molecule has 1 amide bonds. The molecule has 1 aromatic carbocycles. The van der Waals surface area contributed by atoms with Gasteiger partial charge >= 0.3 is 0 Å². The first-order valence-corrected chi connectivity index (χ1v) is 6.57. The van der Waals surface area contributed by atoms with Gasteiger partial charge in [0.1, 0.15) is 5.75 Å². The van der Waals surface area contributed by atoms with E-state index in [2.05, 4.69) is 11.9 Å². The van der Waals surface area contributed by atoms with E-state index in [1.807, 2.05) is 49.4 Å². The van der Waals surface area contributed by atoms with Crippen LogP contribution in [0.3, 0.4) is 0 Å². The molecule has 0 fully saturated rings. The number of benzene rings is 1. The number of ether oxygens (including phenoxy) is 1. The highest BCUT2D eigenvalue weighted by molar-refractivity contribution is 5.90. The Morgan fingerprint density at radius 1 is 1.30 bits per heavy atom. The molecule has 1 rings (SSSR count). The minimum absolute atomic E-state index is 0.0107. The van der Waals surface area contributed by atoms with Gasteiger partial charge in [0.15, 0.2) is 0 Å². The Labute approximate surface area is 120 Å². The van der Waals surface area contributed by atoms with Crippen LogP contribution in [0.1, 0.15) is 19.8 Å². The van der Waals surface area contributed by atoms with Crippen molar-refractivity contribution in [3.63, 3.8) is 0 Å². The molecule has 0 aliphatic heterocycles. The highest BCUT2D eigenvalue weighted by Crippen LogP contribution is 2.16. The molecule has 0 spiro atoms. The Morgan fingerprint density at radius 2 is 2.00 bits per heavy atom. The summed E-state index contributed by atoms with van der Waals surface area (Å²) >= 11 is 0. The topological polar surface area (TPSA) is 38.3 Å². The van der Waals surface area contributed by atoms with Crippen LogP contribution in [0, 0.1) is 0 Å². The maximum Gasteiger partial charge on any atom is 0.224 e. The smallest absolute Gasteiger partial charge is 0.224 e. The highest BCUT2D eigenvalue weighted by Gasteiger charge is 2.03. The van der Waals surface area contributed by atoms with E-state index in [0.717, 1.165) is 17.0 Å². The molecule has 0 radical (unpaired) electrons.